The third-order valence-corrected chi connectivity index (χ3v) is 3.69. The first kappa shape index (κ1) is 17.0. The summed E-state index contributed by atoms with van der Waals surface area (Å²) >= 11 is 4.56. The first-order chi connectivity index (χ1) is 11.0. The summed E-state index contributed by atoms with van der Waals surface area (Å²) in [4.78, 5) is 16.0. The molecule has 0 fully saturated rings. The van der Waals surface area contributed by atoms with Crippen molar-refractivity contribution < 1.29 is 14.3 Å². The molecule has 0 radical (unpaired) electrons. The number of carbonyl (C=O) groups is 1. The molecule has 0 bridgehead atoms. The summed E-state index contributed by atoms with van der Waals surface area (Å²) in [6, 6.07) is 5.75. The number of halogens is 1. The summed E-state index contributed by atoms with van der Waals surface area (Å²) < 4.78 is 15.6. The van der Waals surface area contributed by atoms with Crippen LogP contribution in [0.5, 0.6) is 0 Å². The number of aliphatic hydroxyl groups is 1. The van der Waals surface area contributed by atoms with Crippen LogP contribution >= 0.6 is 12.2 Å². The Morgan fingerprint density at radius 1 is 1.57 bits per heavy atom. The second kappa shape index (κ2) is 7.25. The van der Waals surface area contributed by atoms with Crippen LogP contribution < -0.4 is 10.9 Å². The highest BCUT2D eigenvalue weighted by atomic mass is 32.1. The molecule has 7 nitrogen and oxygen atoms in total. The van der Waals surface area contributed by atoms with Crippen molar-refractivity contribution in [2.75, 3.05) is 0 Å². The third-order valence-electron chi connectivity index (χ3n) is 3.57. The Balaban J connectivity index is 2.40. The van der Waals surface area contributed by atoms with Gasteiger partial charge in [-0.1, -0.05) is 37.3 Å². The largest absolute Gasteiger partial charge is 0.382 e. The lowest BCUT2D eigenvalue weighted by Gasteiger charge is -2.33. The number of nitrogens with one attached hydrogen (secondary N) is 2. The molecule has 0 saturated carbocycles. The maximum absolute atomic E-state index is 14.2. The van der Waals surface area contributed by atoms with Gasteiger partial charge in [0.15, 0.2) is 0 Å². The number of amides is 1. The molecular weight excluding hydrogens is 321 g/mol. The summed E-state index contributed by atoms with van der Waals surface area (Å²) in [5.41, 5.74) is 4.00. The highest BCUT2D eigenvalue weighted by Crippen LogP contribution is 2.33. The average Bonchev–Trinajstić information content (AvgIpc) is 3.04. The van der Waals surface area contributed by atoms with Gasteiger partial charge >= 0.3 is 0 Å². The number of hydrazine groups is 1. The van der Waals surface area contributed by atoms with Gasteiger partial charge in [-0.2, -0.15) is 5.10 Å². The predicted molar refractivity (Wildman–Crippen MR) is 84.4 cm³/mol. The second-order valence-electron chi connectivity index (χ2n) is 4.97. The summed E-state index contributed by atoms with van der Waals surface area (Å²) in [6.07, 6.45) is 2.67. The van der Waals surface area contributed by atoms with Crippen LogP contribution in [0, 0.1) is 11.7 Å². The SMILES string of the molecule is CC(C(=O)NNC=S)C(O)(Cn1cncn1)c1ccccc1F. The van der Waals surface area contributed by atoms with Crippen molar-refractivity contribution in [3.8, 4) is 0 Å². The molecule has 0 aliphatic rings. The molecule has 0 aliphatic carbocycles. The molecule has 2 unspecified atom stereocenters. The van der Waals surface area contributed by atoms with E-state index in [-0.39, 0.29) is 12.1 Å². The van der Waals surface area contributed by atoms with E-state index in [0.717, 1.165) is 5.49 Å². The number of nitrogens with zero attached hydrogens (tertiary/aromatic N) is 3. The molecule has 1 aromatic carbocycles. The molecule has 0 spiro atoms. The maximum atomic E-state index is 14.2. The van der Waals surface area contributed by atoms with Gasteiger partial charge in [0, 0.05) is 5.56 Å². The van der Waals surface area contributed by atoms with Gasteiger partial charge in [0.1, 0.15) is 24.1 Å². The Kier molecular flexibility index (Phi) is 5.35. The van der Waals surface area contributed by atoms with Crippen molar-refractivity contribution in [1.82, 2.24) is 25.6 Å². The fourth-order valence-electron chi connectivity index (χ4n) is 2.25. The topological polar surface area (TPSA) is 92.1 Å². The van der Waals surface area contributed by atoms with Crippen molar-refractivity contribution in [3.05, 3.63) is 48.3 Å². The number of rotatable bonds is 7. The summed E-state index contributed by atoms with van der Waals surface area (Å²) in [7, 11) is 0. The third kappa shape index (κ3) is 3.69. The van der Waals surface area contributed by atoms with Crippen LogP contribution in [0.1, 0.15) is 12.5 Å². The van der Waals surface area contributed by atoms with Crippen LogP contribution in [0.3, 0.4) is 0 Å². The first-order valence-electron chi connectivity index (χ1n) is 6.78. The van der Waals surface area contributed by atoms with Gasteiger partial charge < -0.3 is 5.11 Å². The Morgan fingerprint density at radius 3 is 2.91 bits per heavy atom. The molecule has 2 rings (SSSR count). The Hall–Kier alpha value is -2.39. The normalized spacial score (nSPS) is 14.6. The van der Waals surface area contributed by atoms with E-state index in [9.17, 15) is 14.3 Å². The molecule has 122 valence electrons. The fraction of sp³-hybridized carbons (Fsp3) is 0.286. The van der Waals surface area contributed by atoms with Gasteiger partial charge in [-0.15, -0.1) is 0 Å². The van der Waals surface area contributed by atoms with E-state index in [1.807, 2.05) is 0 Å². The van der Waals surface area contributed by atoms with E-state index in [0.29, 0.717) is 0 Å². The highest BCUT2D eigenvalue weighted by Gasteiger charge is 2.42. The summed E-state index contributed by atoms with van der Waals surface area (Å²) in [5.74, 6) is -2.15. The van der Waals surface area contributed by atoms with E-state index >= 15 is 0 Å². The lowest BCUT2D eigenvalue weighted by atomic mass is 9.81. The second-order valence-corrected chi connectivity index (χ2v) is 5.21. The molecule has 1 heterocycles. The Bertz CT molecular complexity index is 682. The van der Waals surface area contributed by atoms with Crippen molar-refractivity contribution in [1.29, 1.82) is 0 Å². The molecule has 0 saturated heterocycles. The van der Waals surface area contributed by atoms with Gasteiger partial charge in [0.05, 0.1) is 18.0 Å². The van der Waals surface area contributed by atoms with Gasteiger partial charge in [0.2, 0.25) is 5.91 Å². The molecule has 1 aromatic heterocycles. The average molecular weight is 337 g/mol. The monoisotopic (exact) mass is 337 g/mol. The smallest absolute Gasteiger partial charge is 0.244 e. The zero-order valence-corrected chi connectivity index (χ0v) is 13.1. The van der Waals surface area contributed by atoms with E-state index in [2.05, 4.69) is 33.2 Å². The van der Waals surface area contributed by atoms with Crippen molar-refractivity contribution >= 4 is 23.6 Å². The van der Waals surface area contributed by atoms with Crippen LogP contribution in [0.15, 0.2) is 36.9 Å². The minimum Gasteiger partial charge on any atom is -0.382 e. The molecule has 1 amide bonds. The highest BCUT2D eigenvalue weighted by molar-refractivity contribution is 7.78. The number of hydrogen-bond donors (Lipinski definition) is 3. The molecule has 23 heavy (non-hydrogen) atoms. The van der Waals surface area contributed by atoms with Crippen LogP contribution in [0.2, 0.25) is 0 Å². The molecule has 9 heteroatoms. The molecule has 2 atom stereocenters. The number of carbonyl (C=O) groups excluding carboxylic acids is 1. The molecule has 2 aromatic rings. The number of thiocarbonyl (C=S) groups is 1. The number of benzene rings is 1. The molecular formula is C14H16FN5O2S. The Labute approximate surface area is 137 Å². The van der Waals surface area contributed by atoms with Gasteiger partial charge in [-0.3, -0.25) is 15.6 Å². The van der Waals surface area contributed by atoms with E-state index in [1.165, 1.54) is 42.5 Å². The molecule has 0 aliphatic heterocycles. The lowest BCUT2D eigenvalue weighted by Crippen LogP contribution is -2.49. The zero-order chi connectivity index (χ0) is 16.9. The van der Waals surface area contributed by atoms with E-state index in [4.69, 9.17) is 0 Å². The van der Waals surface area contributed by atoms with Crippen molar-refractivity contribution in [2.45, 2.75) is 19.1 Å². The molecule has 3 N–H and O–H groups in total. The zero-order valence-electron chi connectivity index (χ0n) is 12.3. The summed E-state index contributed by atoms with van der Waals surface area (Å²) in [5, 5.41) is 15.0. The van der Waals surface area contributed by atoms with Crippen LogP contribution in [-0.4, -0.2) is 31.3 Å². The number of hydrogen-bond acceptors (Lipinski definition) is 5. The fourth-order valence-corrected chi connectivity index (χ4v) is 2.31. The van der Waals surface area contributed by atoms with E-state index < -0.39 is 23.2 Å². The van der Waals surface area contributed by atoms with Crippen molar-refractivity contribution in [3.63, 3.8) is 0 Å². The quantitative estimate of drug-likeness (QED) is 0.504. The van der Waals surface area contributed by atoms with Gasteiger partial charge in [-0.05, 0) is 6.07 Å². The lowest BCUT2D eigenvalue weighted by molar-refractivity contribution is -0.136. The van der Waals surface area contributed by atoms with Gasteiger partial charge in [0.25, 0.3) is 0 Å². The van der Waals surface area contributed by atoms with Crippen LogP contribution in [0.4, 0.5) is 4.39 Å². The van der Waals surface area contributed by atoms with Crippen LogP contribution in [-0.2, 0) is 16.9 Å². The van der Waals surface area contributed by atoms with E-state index in [1.54, 1.807) is 6.07 Å². The standard InChI is InChI=1S/C14H16FN5O2S/c1-10(13(21)19-17-9-23)14(22,6-20-8-16-7-18-20)11-4-2-3-5-12(11)15/h2-5,7-10,22H,6H2,1H3,(H,17,23)(H,19,21). The Morgan fingerprint density at radius 2 is 2.30 bits per heavy atom. The van der Waals surface area contributed by atoms with Crippen LogP contribution in [0.25, 0.3) is 0 Å². The number of aromatic nitrogens is 3. The van der Waals surface area contributed by atoms with Crippen molar-refractivity contribution in [2.24, 2.45) is 5.92 Å². The minimum absolute atomic E-state index is 0.000466. The van der Waals surface area contributed by atoms with Gasteiger partial charge in [-0.25, -0.2) is 14.1 Å². The predicted octanol–water partition coefficient (Wildman–Crippen LogP) is 0.519. The maximum Gasteiger partial charge on any atom is 0.244 e. The first-order valence-corrected chi connectivity index (χ1v) is 7.25. The minimum atomic E-state index is -1.83. The summed E-state index contributed by atoms with van der Waals surface area (Å²) in [6.45, 7) is 1.35.